The number of ketones is 1. The Morgan fingerprint density at radius 3 is 2.62 bits per heavy atom. The SMILES string of the molecule is CC(=O)c1cnc(N)nc1N1CC[C@H]1c1nn2ccc(F)c2c(=O)n1-c1ccccc1.S. The van der Waals surface area contributed by atoms with E-state index in [1.807, 2.05) is 11.0 Å². The fourth-order valence-corrected chi connectivity index (χ4v) is 3.85. The van der Waals surface area contributed by atoms with Crippen LogP contribution in [0, 0.1) is 5.82 Å². The minimum Gasteiger partial charge on any atom is -0.368 e. The molecule has 9 nitrogen and oxygen atoms in total. The van der Waals surface area contributed by atoms with Crippen LogP contribution in [0.4, 0.5) is 16.2 Å². The standard InChI is InChI=1S/C21H18FN7O2.H2S/c1-12(30)14-11-24-21(23)25-18(14)27-9-8-16(27)19-26-28-10-7-15(22)17(28)20(31)29(19)13-5-3-2-4-6-13;/h2-7,10-11,16H,8-9H2,1H3,(H2,23,24,25);1H2/t16-;/m0./s1. The second kappa shape index (κ2) is 8.08. The van der Waals surface area contributed by atoms with Crippen LogP contribution in [0.15, 0.2) is 53.6 Å². The average molecular weight is 454 g/mol. The lowest BCUT2D eigenvalue weighted by molar-refractivity contribution is 0.101. The van der Waals surface area contributed by atoms with E-state index < -0.39 is 11.4 Å². The highest BCUT2D eigenvalue weighted by Crippen LogP contribution is 2.38. The largest absolute Gasteiger partial charge is 0.368 e. The van der Waals surface area contributed by atoms with E-state index in [9.17, 15) is 14.0 Å². The molecule has 0 amide bonds. The van der Waals surface area contributed by atoms with Gasteiger partial charge in [-0.05, 0) is 31.5 Å². The fraction of sp³-hybridized carbons (Fsp3) is 0.190. The lowest BCUT2D eigenvalue weighted by atomic mass is 10.00. The molecule has 1 aliphatic heterocycles. The van der Waals surface area contributed by atoms with Crippen LogP contribution in [0.2, 0.25) is 0 Å². The van der Waals surface area contributed by atoms with Gasteiger partial charge in [-0.1, -0.05) is 18.2 Å². The summed E-state index contributed by atoms with van der Waals surface area (Å²) in [5.74, 6) is 0.0155. The lowest BCUT2D eigenvalue weighted by Gasteiger charge is -2.42. The number of rotatable bonds is 4. The van der Waals surface area contributed by atoms with Crippen molar-refractivity contribution in [3.05, 3.63) is 76.4 Å². The number of halogens is 1. The first-order chi connectivity index (χ1) is 15.0. The number of para-hydroxylation sites is 1. The molecule has 2 N–H and O–H groups in total. The van der Waals surface area contributed by atoms with Gasteiger partial charge >= 0.3 is 0 Å². The number of benzene rings is 1. The van der Waals surface area contributed by atoms with Crippen LogP contribution in [0.5, 0.6) is 0 Å². The zero-order valence-corrected chi connectivity index (χ0v) is 18.1. The summed E-state index contributed by atoms with van der Waals surface area (Å²) in [6.45, 7) is 2.02. The average Bonchev–Trinajstić information content (AvgIpc) is 3.09. The Hall–Kier alpha value is -3.73. The maximum atomic E-state index is 14.3. The van der Waals surface area contributed by atoms with Crippen LogP contribution in [0.1, 0.15) is 35.6 Å². The highest BCUT2D eigenvalue weighted by molar-refractivity contribution is 7.59. The summed E-state index contributed by atoms with van der Waals surface area (Å²) >= 11 is 0. The van der Waals surface area contributed by atoms with Crippen molar-refractivity contribution >= 4 is 36.6 Å². The monoisotopic (exact) mass is 453 g/mol. The Morgan fingerprint density at radius 1 is 1.22 bits per heavy atom. The first kappa shape index (κ1) is 21.5. The van der Waals surface area contributed by atoms with Gasteiger partial charge in [-0.3, -0.25) is 14.2 Å². The van der Waals surface area contributed by atoms with Crippen molar-refractivity contribution in [3.63, 3.8) is 0 Å². The minimum absolute atomic E-state index is 0. The third-order valence-electron chi connectivity index (χ3n) is 5.43. The van der Waals surface area contributed by atoms with Crippen molar-refractivity contribution in [2.45, 2.75) is 19.4 Å². The van der Waals surface area contributed by atoms with Gasteiger partial charge in [0, 0.05) is 18.9 Å². The van der Waals surface area contributed by atoms with Gasteiger partial charge in [-0.25, -0.2) is 13.9 Å². The van der Waals surface area contributed by atoms with Gasteiger partial charge in [0.2, 0.25) is 5.95 Å². The Bertz CT molecular complexity index is 1390. The van der Waals surface area contributed by atoms with Gasteiger partial charge < -0.3 is 10.6 Å². The van der Waals surface area contributed by atoms with Crippen molar-refractivity contribution in [2.24, 2.45) is 0 Å². The van der Waals surface area contributed by atoms with Gasteiger partial charge in [-0.2, -0.15) is 23.6 Å². The quantitative estimate of drug-likeness (QED) is 0.472. The van der Waals surface area contributed by atoms with Crippen molar-refractivity contribution in [1.82, 2.24) is 24.1 Å². The predicted octanol–water partition coefficient (Wildman–Crippen LogP) is 2.26. The number of anilines is 2. The molecule has 1 fully saturated rings. The summed E-state index contributed by atoms with van der Waals surface area (Å²) in [6, 6.07) is 9.78. The first-order valence-electron chi connectivity index (χ1n) is 9.71. The molecule has 1 saturated heterocycles. The van der Waals surface area contributed by atoms with E-state index in [1.54, 1.807) is 24.3 Å². The molecule has 1 aliphatic rings. The molecule has 0 radical (unpaired) electrons. The number of carbonyl (C=O) groups excluding carboxylic acids is 1. The van der Waals surface area contributed by atoms with Crippen LogP contribution >= 0.6 is 13.5 Å². The van der Waals surface area contributed by atoms with Crippen LogP contribution < -0.4 is 16.2 Å². The number of Topliss-reactive ketones (excluding diaryl/α,β-unsaturated/α-hetero) is 1. The highest BCUT2D eigenvalue weighted by atomic mass is 32.1. The molecule has 164 valence electrons. The molecule has 3 aromatic heterocycles. The van der Waals surface area contributed by atoms with Gasteiger partial charge in [0.15, 0.2) is 22.9 Å². The maximum Gasteiger partial charge on any atom is 0.285 e. The zero-order chi connectivity index (χ0) is 21.7. The second-order valence-corrected chi connectivity index (χ2v) is 7.31. The fourth-order valence-electron chi connectivity index (χ4n) is 3.85. The number of carbonyl (C=O) groups is 1. The lowest BCUT2D eigenvalue weighted by Crippen LogP contribution is -2.46. The summed E-state index contributed by atoms with van der Waals surface area (Å²) in [7, 11) is 0. The maximum absolute atomic E-state index is 14.3. The first-order valence-corrected chi connectivity index (χ1v) is 9.71. The van der Waals surface area contributed by atoms with Crippen LogP contribution in [0.25, 0.3) is 11.2 Å². The Kier molecular flexibility index (Phi) is 5.43. The van der Waals surface area contributed by atoms with E-state index in [0.717, 1.165) is 0 Å². The minimum atomic E-state index is -0.637. The normalized spacial score (nSPS) is 15.3. The molecule has 1 atom stereocenters. The molecule has 4 heterocycles. The number of nitrogens with zero attached hydrogens (tertiary/aromatic N) is 6. The Labute approximate surface area is 188 Å². The molecule has 0 bridgehead atoms. The summed E-state index contributed by atoms with van der Waals surface area (Å²) < 4.78 is 17.0. The Morgan fingerprint density at radius 2 is 1.97 bits per heavy atom. The summed E-state index contributed by atoms with van der Waals surface area (Å²) in [4.78, 5) is 35.5. The summed E-state index contributed by atoms with van der Waals surface area (Å²) in [5.41, 5.74) is 6.03. The topological polar surface area (TPSA) is 111 Å². The van der Waals surface area contributed by atoms with Gasteiger partial charge in [-0.15, -0.1) is 0 Å². The second-order valence-electron chi connectivity index (χ2n) is 7.31. The van der Waals surface area contributed by atoms with E-state index in [1.165, 1.54) is 34.5 Å². The van der Waals surface area contributed by atoms with Crippen molar-refractivity contribution < 1.29 is 9.18 Å². The molecule has 0 unspecified atom stereocenters. The number of nitrogens with two attached hydrogens (primary N) is 1. The van der Waals surface area contributed by atoms with E-state index in [4.69, 9.17) is 5.73 Å². The smallest absolute Gasteiger partial charge is 0.285 e. The third-order valence-corrected chi connectivity index (χ3v) is 5.43. The molecular weight excluding hydrogens is 433 g/mol. The van der Waals surface area contributed by atoms with Gasteiger partial charge in [0.25, 0.3) is 5.56 Å². The highest BCUT2D eigenvalue weighted by Gasteiger charge is 2.37. The number of aromatic nitrogens is 5. The number of hydrogen-bond donors (Lipinski definition) is 1. The number of fused-ring (bicyclic) bond motifs is 1. The van der Waals surface area contributed by atoms with Crippen LogP contribution in [-0.2, 0) is 0 Å². The number of nitrogen functional groups attached to an aromatic ring is 1. The predicted molar refractivity (Wildman–Crippen MR) is 122 cm³/mol. The van der Waals surface area contributed by atoms with E-state index in [2.05, 4.69) is 15.1 Å². The molecule has 32 heavy (non-hydrogen) atoms. The summed E-state index contributed by atoms with van der Waals surface area (Å²) in [5, 5.41) is 4.57. The molecule has 11 heteroatoms. The van der Waals surface area contributed by atoms with E-state index in [-0.39, 0.29) is 36.8 Å². The Balaban J connectivity index is 0.00000245. The zero-order valence-electron chi connectivity index (χ0n) is 17.1. The van der Waals surface area contributed by atoms with Crippen molar-refractivity contribution in [3.8, 4) is 5.69 Å². The van der Waals surface area contributed by atoms with Crippen LogP contribution in [0.3, 0.4) is 0 Å². The molecular formula is C21H20FN7O2S. The summed E-state index contributed by atoms with van der Waals surface area (Å²) in [6.07, 6.45) is 3.48. The molecule has 1 aromatic carbocycles. The molecule has 0 aliphatic carbocycles. The molecule has 4 aromatic rings. The van der Waals surface area contributed by atoms with Crippen molar-refractivity contribution in [2.75, 3.05) is 17.2 Å². The van der Waals surface area contributed by atoms with E-state index in [0.29, 0.717) is 35.9 Å². The van der Waals surface area contributed by atoms with Gasteiger partial charge in [0.1, 0.15) is 5.82 Å². The molecule has 5 rings (SSSR count). The number of hydrogen-bond acceptors (Lipinski definition) is 7. The van der Waals surface area contributed by atoms with Gasteiger partial charge in [0.05, 0.1) is 17.3 Å². The molecule has 0 saturated carbocycles. The van der Waals surface area contributed by atoms with Crippen molar-refractivity contribution in [1.29, 1.82) is 0 Å². The molecule has 0 spiro atoms. The third kappa shape index (κ3) is 3.30. The van der Waals surface area contributed by atoms with Crippen LogP contribution in [-0.4, -0.2) is 36.5 Å². The van der Waals surface area contributed by atoms with E-state index >= 15 is 0 Å².